The van der Waals surface area contributed by atoms with Crippen LogP contribution in [0.3, 0.4) is 0 Å². The molecular weight excluding hydrogens is 479 g/mol. The minimum absolute atomic E-state index is 0. The van der Waals surface area contributed by atoms with Gasteiger partial charge in [-0.3, -0.25) is 0 Å². The predicted octanol–water partition coefficient (Wildman–Crippen LogP) is 3.96. The third kappa shape index (κ3) is 8.59. The van der Waals surface area contributed by atoms with Crippen molar-refractivity contribution in [2.45, 2.75) is 53.0 Å². The lowest BCUT2D eigenvalue weighted by Gasteiger charge is -2.23. The summed E-state index contributed by atoms with van der Waals surface area (Å²) < 4.78 is 5.32. The van der Waals surface area contributed by atoms with Crippen molar-refractivity contribution in [1.29, 1.82) is 0 Å². The van der Waals surface area contributed by atoms with Gasteiger partial charge < -0.3 is 20.1 Å². The fraction of sp³-hybridized carbons (Fsp3) is 0.571. The molecule has 2 rings (SSSR count). The van der Waals surface area contributed by atoms with Gasteiger partial charge in [-0.25, -0.2) is 4.99 Å². The van der Waals surface area contributed by atoms with Crippen molar-refractivity contribution >= 4 is 35.6 Å². The Balaban J connectivity index is 0.00000420. The molecule has 0 aliphatic carbocycles. The van der Waals surface area contributed by atoms with Crippen molar-refractivity contribution < 1.29 is 4.52 Å². The van der Waals surface area contributed by atoms with Gasteiger partial charge in [0, 0.05) is 37.3 Å². The third-order valence-corrected chi connectivity index (χ3v) is 4.23. The number of aliphatic imine (C=N–C) groups is 1. The zero-order chi connectivity index (χ0) is 20.4. The summed E-state index contributed by atoms with van der Waals surface area (Å²) in [5.41, 5.74) is 1.11. The first-order valence-electron chi connectivity index (χ1n) is 10.1. The normalized spacial score (nSPS) is 11.7. The van der Waals surface area contributed by atoms with Gasteiger partial charge in [0.25, 0.3) is 0 Å². The Morgan fingerprint density at radius 1 is 1.14 bits per heavy atom. The van der Waals surface area contributed by atoms with Gasteiger partial charge in [-0.2, -0.15) is 4.98 Å². The summed E-state index contributed by atoms with van der Waals surface area (Å²) in [7, 11) is 0. The molecule has 29 heavy (non-hydrogen) atoms. The van der Waals surface area contributed by atoms with Gasteiger partial charge in [0.15, 0.2) is 11.8 Å². The van der Waals surface area contributed by atoms with Crippen molar-refractivity contribution in [1.82, 2.24) is 20.8 Å². The Bertz CT molecular complexity index is 726. The molecular formula is C21H35IN6O. The molecule has 0 amide bonds. The van der Waals surface area contributed by atoms with E-state index in [0.717, 1.165) is 38.6 Å². The minimum atomic E-state index is -0.151. The van der Waals surface area contributed by atoms with E-state index in [9.17, 15) is 0 Å². The van der Waals surface area contributed by atoms with E-state index in [1.807, 2.05) is 26.8 Å². The van der Waals surface area contributed by atoms with Crippen LogP contribution in [-0.2, 0) is 12.0 Å². The molecule has 2 aromatic rings. The number of hydrogen-bond donors (Lipinski definition) is 2. The molecule has 0 radical (unpaired) electrons. The highest BCUT2D eigenvalue weighted by Crippen LogP contribution is 2.19. The molecule has 7 nitrogen and oxygen atoms in total. The van der Waals surface area contributed by atoms with Crippen molar-refractivity contribution in [3.8, 4) is 0 Å². The van der Waals surface area contributed by atoms with E-state index in [-0.39, 0.29) is 29.4 Å². The summed E-state index contributed by atoms with van der Waals surface area (Å²) in [5.74, 6) is 2.01. The standard InChI is InChI=1S/C21H34N6O.HI/c1-6-22-20(24-16-18-25-19(28-26-18)21(3,4)5)23-14-11-15-27(7-2)17-12-9-8-10-13-17;/h8-10,12-13H,6-7,11,14-16H2,1-5H3,(H2,22,23,24);1H. The van der Waals surface area contributed by atoms with E-state index in [4.69, 9.17) is 4.52 Å². The highest BCUT2D eigenvalue weighted by Gasteiger charge is 2.21. The molecule has 0 unspecified atom stereocenters. The van der Waals surface area contributed by atoms with E-state index in [1.165, 1.54) is 5.69 Å². The van der Waals surface area contributed by atoms with Gasteiger partial charge in [0.1, 0.15) is 6.54 Å². The number of anilines is 1. The fourth-order valence-corrected chi connectivity index (χ4v) is 2.70. The maximum absolute atomic E-state index is 5.32. The first-order chi connectivity index (χ1) is 13.4. The zero-order valence-corrected chi connectivity index (χ0v) is 20.6. The van der Waals surface area contributed by atoms with Crippen molar-refractivity contribution in [2.24, 2.45) is 4.99 Å². The number of nitrogens with zero attached hydrogens (tertiary/aromatic N) is 4. The largest absolute Gasteiger partial charge is 0.372 e. The monoisotopic (exact) mass is 514 g/mol. The predicted molar refractivity (Wildman–Crippen MR) is 130 cm³/mol. The summed E-state index contributed by atoms with van der Waals surface area (Å²) >= 11 is 0. The van der Waals surface area contributed by atoms with E-state index in [2.05, 4.69) is 68.8 Å². The maximum Gasteiger partial charge on any atom is 0.232 e. The van der Waals surface area contributed by atoms with Crippen LogP contribution in [-0.4, -0.2) is 42.3 Å². The van der Waals surface area contributed by atoms with Crippen LogP contribution in [0.4, 0.5) is 5.69 Å². The number of rotatable bonds is 9. The molecule has 1 aromatic heterocycles. The summed E-state index contributed by atoms with van der Waals surface area (Å²) in [6.45, 7) is 14.4. The number of nitrogens with one attached hydrogen (secondary N) is 2. The van der Waals surface area contributed by atoms with Gasteiger partial charge in [-0.15, -0.1) is 24.0 Å². The van der Waals surface area contributed by atoms with Crippen LogP contribution in [0.15, 0.2) is 39.8 Å². The third-order valence-electron chi connectivity index (χ3n) is 4.23. The highest BCUT2D eigenvalue weighted by molar-refractivity contribution is 14.0. The molecule has 0 atom stereocenters. The Hall–Kier alpha value is -1.84. The zero-order valence-electron chi connectivity index (χ0n) is 18.2. The number of hydrogen-bond acceptors (Lipinski definition) is 5. The Labute approximate surface area is 191 Å². The lowest BCUT2D eigenvalue weighted by Crippen LogP contribution is -2.38. The van der Waals surface area contributed by atoms with Crippen molar-refractivity contribution in [3.05, 3.63) is 42.0 Å². The fourth-order valence-electron chi connectivity index (χ4n) is 2.70. The van der Waals surface area contributed by atoms with Gasteiger partial charge in [-0.1, -0.05) is 44.1 Å². The summed E-state index contributed by atoms with van der Waals surface area (Å²) in [6.07, 6.45) is 1.02. The van der Waals surface area contributed by atoms with Gasteiger partial charge in [0.2, 0.25) is 5.89 Å². The number of para-hydroxylation sites is 1. The number of halogens is 1. The second-order valence-electron chi connectivity index (χ2n) is 7.66. The number of benzene rings is 1. The van der Waals surface area contributed by atoms with Gasteiger partial charge in [0.05, 0.1) is 0 Å². The molecule has 2 N–H and O–H groups in total. The van der Waals surface area contributed by atoms with Crippen molar-refractivity contribution in [2.75, 3.05) is 31.1 Å². The smallest absolute Gasteiger partial charge is 0.232 e. The van der Waals surface area contributed by atoms with Crippen LogP contribution in [0, 0.1) is 0 Å². The Morgan fingerprint density at radius 3 is 2.45 bits per heavy atom. The number of guanidine groups is 1. The van der Waals surface area contributed by atoms with E-state index < -0.39 is 0 Å². The summed E-state index contributed by atoms with van der Waals surface area (Å²) in [6, 6.07) is 10.5. The van der Waals surface area contributed by atoms with E-state index in [1.54, 1.807) is 0 Å². The average Bonchev–Trinajstić information content (AvgIpc) is 3.16. The average molecular weight is 514 g/mol. The molecule has 0 spiro atoms. The van der Waals surface area contributed by atoms with Crippen LogP contribution in [0.2, 0.25) is 0 Å². The SMILES string of the molecule is CCNC(=NCc1noc(C(C)(C)C)n1)NCCCN(CC)c1ccccc1.I. The van der Waals surface area contributed by atoms with Gasteiger partial charge in [-0.05, 0) is 32.4 Å². The molecule has 0 saturated carbocycles. The lowest BCUT2D eigenvalue weighted by molar-refractivity contribution is 0.318. The van der Waals surface area contributed by atoms with Crippen LogP contribution in [0.5, 0.6) is 0 Å². The van der Waals surface area contributed by atoms with Gasteiger partial charge >= 0.3 is 0 Å². The van der Waals surface area contributed by atoms with Crippen molar-refractivity contribution in [3.63, 3.8) is 0 Å². The lowest BCUT2D eigenvalue weighted by atomic mass is 9.97. The first-order valence-corrected chi connectivity index (χ1v) is 10.1. The van der Waals surface area contributed by atoms with Crippen LogP contribution in [0.25, 0.3) is 0 Å². The van der Waals surface area contributed by atoms with Crippen LogP contribution < -0.4 is 15.5 Å². The van der Waals surface area contributed by atoms with Crippen LogP contribution in [0.1, 0.15) is 52.8 Å². The van der Waals surface area contributed by atoms with E-state index in [0.29, 0.717) is 18.3 Å². The van der Waals surface area contributed by atoms with E-state index >= 15 is 0 Å². The Kier molecular flexibility index (Phi) is 11.0. The molecule has 0 bridgehead atoms. The molecule has 0 aliphatic heterocycles. The Morgan fingerprint density at radius 2 is 1.86 bits per heavy atom. The first kappa shape index (κ1) is 25.2. The number of aromatic nitrogens is 2. The summed E-state index contributed by atoms with van der Waals surface area (Å²) in [4.78, 5) is 11.4. The molecule has 1 heterocycles. The molecule has 0 aliphatic rings. The summed E-state index contributed by atoms with van der Waals surface area (Å²) in [5, 5.41) is 10.7. The topological polar surface area (TPSA) is 78.6 Å². The molecule has 0 fully saturated rings. The second-order valence-corrected chi connectivity index (χ2v) is 7.66. The molecule has 8 heteroatoms. The maximum atomic E-state index is 5.32. The minimum Gasteiger partial charge on any atom is -0.372 e. The quantitative estimate of drug-likeness (QED) is 0.228. The highest BCUT2D eigenvalue weighted by atomic mass is 127. The molecule has 1 aromatic carbocycles. The van der Waals surface area contributed by atoms with Crippen LogP contribution >= 0.6 is 24.0 Å². The second kappa shape index (κ2) is 12.7. The molecule has 162 valence electrons. The molecule has 0 saturated heterocycles.